The molecule has 1 aromatic heterocycles. The molecule has 7 heteroatoms. The quantitative estimate of drug-likeness (QED) is 0.818. The van der Waals surface area contributed by atoms with Crippen LogP contribution in [0.15, 0.2) is 18.3 Å². The summed E-state index contributed by atoms with van der Waals surface area (Å²) in [5.41, 5.74) is 6.08. The molecule has 1 heterocycles. The van der Waals surface area contributed by atoms with Gasteiger partial charge >= 0.3 is 12.3 Å². The Labute approximate surface area is 95.6 Å². The second-order valence-corrected chi connectivity index (χ2v) is 3.56. The van der Waals surface area contributed by atoms with E-state index >= 15 is 0 Å². The van der Waals surface area contributed by atoms with E-state index in [4.69, 9.17) is 5.73 Å². The Bertz CT molecular complexity index is 354. The van der Waals surface area contributed by atoms with E-state index in [1.807, 2.05) is 0 Å². The van der Waals surface area contributed by atoms with Crippen LogP contribution in [0, 0.1) is 0 Å². The molecule has 0 aliphatic heterocycles. The molecule has 0 saturated heterocycles. The minimum Gasteiger partial charge on any atom is -0.485 e. The first-order valence-electron chi connectivity index (χ1n) is 4.83. The number of halogens is 4. The highest BCUT2D eigenvalue weighted by Crippen LogP contribution is 2.24. The molecule has 0 bridgehead atoms. The van der Waals surface area contributed by atoms with Crippen LogP contribution in [0.4, 0.5) is 17.6 Å². The fourth-order valence-electron chi connectivity index (χ4n) is 0.989. The molecule has 0 spiro atoms. The number of nitrogens with zero attached hydrogens (tertiary/aromatic N) is 1. The van der Waals surface area contributed by atoms with E-state index in [0.717, 1.165) is 0 Å². The van der Waals surface area contributed by atoms with Crippen molar-refractivity contribution in [1.29, 1.82) is 0 Å². The van der Waals surface area contributed by atoms with Gasteiger partial charge in [-0.3, -0.25) is 4.98 Å². The molecular weight excluding hydrogens is 240 g/mol. The van der Waals surface area contributed by atoms with Gasteiger partial charge in [-0.15, -0.1) is 0 Å². The van der Waals surface area contributed by atoms with Crippen molar-refractivity contribution < 1.29 is 22.3 Å². The smallest absolute Gasteiger partial charge is 0.340 e. The molecule has 96 valence electrons. The average molecular weight is 252 g/mol. The first kappa shape index (κ1) is 13.7. The van der Waals surface area contributed by atoms with E-state index in [1.165, 1.54) is 18.3 Å². The summed E-state index contributed by atoms with van der Waals surface area (Å²) < 4.78 is 53.2. The van der Waals surface area contributed by atoms with Crippen LogP contribution in [-0.2, 0) is 0 Å². The molecule has 0 saturated carbocycles. The molecule has 0 aliphatic carbocycles. The SMILES string of the molecule is C[C@H](N)c1ccc(OCC(F)(F)C(F)F)cn1. The molecule has 1 atom stereocenters. The van der Waals surface area contributed by atoms with Crippen LogP contribution in [0.25, 0.3) is 0 Å². The number of nitrogens with two attached hydrogens (primary N) is 1. The van der Waals surface area contributed by atoms with E-state index in [2.05, 4.69) is 9.72 Å². The monoisotopic (exact) mass is 252 g/mol. The zero-order chi connectivity index (χ0) is 13.1. The topological polar surface area (TPSA) is 48.1 Å². The summed E-state index contributed by atoms with van der Waals surface area (Å²) in [4.78, 5) is 3.84. The van der Waals surface area contributed by atoms with Gasteiger partial charge in [-0.25, -0.2) is 8.78 Å². The van der Waals surface area contributed by atoms with E-state index in [9.17, 15) is 17.6 Å². The summed E-state index contributed by atoms with van der Waals surface area (Å²) in [7, 11) is 0. The maximum Gasteiger partial charge on any atom is 0.340 e. The lowest BCUT2D eigenvalue weighted by Gasteiger charge is -2.16. The van der Waals surface area contributed by atoms with Crippen molar-refractivity contribution in [2.45, 2.75) is 25.3 Å². The maximum absolute atomic E-state index is 12.5. The molecule has 0 radical (unpaired) electrons. The molecule has 0 fully saturated rings. The first-order chi connectivity index (χ1) is 7.83. The van der Waals surface area contributed by atoms with Crippen molar-refractivity contribution in [3.63, 3.8) is 0 Å². The van der Waals surface area contributed by atoms with Crippen LogP contribution >= 0.6 is 0 Å². The van der Waals surface area contributed by atoms with Gasteiger partial charge in [0.25, 0.3) is 0 Å². The van der Waals surface area contributed by atoms with Gasteiger partial charge in [0, 0.05) is 6.04 Å². The van der Waals surface area contributed by atoms with Crippen molar-refractivity contribution in [2.75, 3.05) is 6.61 Å². The molecule has 0 amide bonds. The van der Waals surface area contributed by atoms with Crippen LogP contribution < -0.4 is 10.5 Å². The lowest BCUT2D eigenvalue weighted by molar-refractivity contribution is -0.148. The van der Waals surface area contributed by atoms with Gasteiger partial charge in [-0.2, -0.15) is 8.78 Å². The minimum atomic E-state index is -4.17. The predicted octanol–water partition coefficient (Wildman–Crippen LogP) is 2.38. The number of pyridine rings is 1. The zero-order valence-corrected chi connectivity index (χ0v) is 9.04. The number of hydrogen-bond acceptors (Lipinski definition) is 3. The predicted molar refractivity (Wildman–Crippen MR) is 53.3 cm³/mol. The van der Waals surface area contributed by atoms with Crippen LogP contribution in [0.3, 0.4) is 0 Å². The van der Waals surface area contributed by atoms with E-state index in [1.54, 1.807) is 6.92 Å². The fraction of sp³-hybridized carbons (Fsp3) is 0.500. The molecule has 1 aromatic rings. The fourth-order valence-corrected chi connectivity index (χ4v) is 0.989. The van der Waals surface area contributed by atoms with Gasteiger partial charge in [0.05, 0.1) is 11.9 Å². The summed E-state index contributed by atoms with van der Waals surface area (Å²) in [5.74, 6) is -4.17. The van der Waals surface area contributed by atoms with Gasteiger partial charge in [0.2, 0.25) is 0 Å². The van der Waals surface area contributed by atoms with Gasteiger partial charge in [0.15, 0.2) is 6.61 Å². The van der Waals surface area contributed by atoms with E-state index < -0.39 is 19.0 Å². The highest BCUT2D eigenvalue weighted by atomic mass is 19.3. The van der Waals surface area contributed by atoms with Crippen molar-refractivity contribution in [1.82, 2.24) is 4.98 Å². The Morgan fingerprint density at radius 1 is 1.41 bits per heavy atom. The van der Waals surface area contributed by atoms with Crippen molar-refractivity contribution in [3.05, 3.63) is 24.0 Å². The first-order valence-corrected chi connectivity index (χ1v) is 4.83. The summed E-state index contributed by atoms with van der Waals surface area (Å²) in [6.07, 6.45) is -2.58. The van der Waals surface area contributed by atoms with Crippen LogP contribution in [-0.4, -0.2) is 23.9 Å². The zero-order valence-electron chi connectivity index (χ0n) is 9.04. The summed E-state index contributed by atoms with van der Waals surface area (Å²) >= 11 is 0. The number of hydrogen-bond donors (Lipinski definition) is 1. The van der Waals surface area contributed by atoms with Gasteiger partial charge in [-0.1, -0.05) is 0 Å². The Morgan fingerprint density at radius 2 is 2.06 bits per heavy atom. The molecule has 0 unspecified atom stereocenters. The Hall–Kier alpha value is -1.37. The molecule has 2 N–H and O–H groups in total. The largest absolute Gasteiger partial charge is 0.485 e. The van der Waals surface area contributed by atoms with Crippen molar-refractivity contribution in [2.24, 2.45) is 5.73 Å². The summed E-state index contributed by atoms with van der Waals surface area (Å²) in [5, 5.41) is 0. The second-order valence-electron chi connectivity index (χ2n) is 3.56. The van der Waals surface area contributed by atoms with Crippen LogP contribution in [0.1, 0.15) is 18.7 Å². The highest BCUT2D eigenvalue weighted by molar-refractivity contribution is 5.21. The van der Waals surface area contributed by atoms with Gasteiger partial charge < -0.3 is 10.5 Å². The van der Waals surface area contributed by atoms with Gasteiger partial charge in [-0.05, 0) is 19.1 Å². The second kappa shape index (κ2) is 5.31. The van der Waals surface area contributed by atoms with Crippen molar-refractivity contribution >= 4 is 0 Å². The normalized spacial score (nSPS) is 13.8. The Morgan fingerprint density at radius 3 is 2.47 bits per heavy atom. The number of aromatic nitrogens is 1. The molecular formula is C10H12F4N2O. The van der Waals surface area contributed by atoms with Crippen molar-refractivity contribution in [3.8, 4) is 5.75 Å². The average Bonchev–Trinajstić information content (AvgIpc) is 2.27. The Kier molecular flexibility index (Phi) is 4.28. The third kappa shape index (κ3) is 3.85. The van der Waals surface area contributed by atoms with Gasteiger partial charge in [0.1, 0.15) is 5.75 Å². The molecule has 17 heavy (non-hydrogen) atoms. The lowest BCUT2D eigenvalue weighted by atomic mass is 10.2. The molecule has 0 aliphatic rings. The third-order valence-electron chi connectivity index (χ3n) is 1.98. The van der Waals surface area contributed by atoms with Crippen LogP contribution in [0.2, 0.25) is 0 Å². The summed E-state index contributed by atoms with van der Waals surface area (Å²) in [6.45, 7) is 0.317. The van der Waals surface area contributed by atoms with E-state index in [0.29, 0.717) is 5.69 Å². The Balaban J connectivity index is 2.59. The third-order valence-corrected chi connectivity index (χ3v) is 1.98. The molecule has 3 nitrogen and oxygen atoms in total. The number of alkyl halides is 4. The number of ether oxygens (including phenoxy) is 1. The maximum atomic E-state index is 12.5. The molecule has 0 aromatic carbocycles. The number of rotatable bonds is 5. The lowest BCUT2D eigenvalue weighted by Crippen LogP contribution is -2.33. The highest BCUT2D eigenvalue weighted by Gasteiger charge is 2.41. The molecule has 1 rings (SSSR count). The standard InChI is InChI=1S/C10H12F4N2O/c1-6(15)8-3-2-7(4-16-8)17-5-10(13,14)9(11)12/h2-4,6,9H,5,15H2,1H3/t6-/m0/s1. The minimum absolute atomic E-state index is 0.00488. The van der Waals surface area contributed by atoms with Crippen LogP contribution in [0.5, 0.6) is 5.75 Å². The summed E-state index contributed by atoms with van der Waals surface area (Å²) in [6, 6.07) is 2.54. The van der Waals surface area contributed by atoms with E-state index in [-0.39, 0.29) is 11.8 Å².